The van der Waals surface area contributed by atoms with E-state index in [9.17, 15) is 23.1 Å². The van der Waals surface area contributed by atoms with E-state index in [0.717, 1.165) is 16.3 Å². The van der Waals surface area contributed by atoms with E-state index in [-0.39, 0.29) is 48.0 Å². The van der Waals surface area contributed by atoms with Gasteiger partial charge in [0.1, 0.15) is 6.04 Å². The monoisotopic (exact) mass is 715 g/mol. The van der Waals surface area contributed by atoms with Crippen molar-refractivity contribution in [3.63, 3.8) is 0 Å². The van der Waals surface area contributed by atoms with Crippen molar-refractivity contribution in [3.8, 4) is 11.5 Å². The lowest BCUT2D eigenvalue weighted by Gasteiger charge is -2.34. The first kappa shape index (κ1) is 38.1. The van der Waals surface area contributed by atoms with Crippen LogP contribution in [0, 0.1) is 18.8 Å². The highest BCUT2D eigenvalue weighted by molar-refractivity contribution is 7.89. The molecule has 1 fully saturated rings. The fraction of sp³-hybridized carbons (Fsp3) is 0.514. The topological polar surface area (TPSA) is 142 Å². The molecule has 2 aromatic carbocycles. The van der Waals surface area contributed by atoms with E-state index in [0.29, 0.717) is 25.4 Å². The van der Waals surface area contributed by atoms with Crippen LogP contribution in [0.5, 0.6) is 11.5 Å². The molecule has 1 saturated heterocycles. The Morgan fingerprint density at radius 2 is 1.73 bits per heavy atom. The van der Waals surface area contributed by atoms with Crippen LogP contribution in [0.3, 0.4) is 0 Å². The molecular formula is C35H49N5O7S2. The van der Waals surface area contributed by atoms with Crippen molar-refractivity contribution in [3.05, 3.63) is 70.2 Å². The lowest BCUT2D eigenvalue weighted by atomic mass is 9.97. The number of aliphatic hydroxyl groups excluding tert-OH is 1. The summed E-state index contributed by atoms with van der Waals surface area (Å²) < 4.78 is 39.9. The Labute approximate surface area is 294 Å². The second-order valence-corrected chi connectivity index (χ2v) is 16.0. The molecule has 0 aliphatic carbocycles. The summed E-state index contributed by atoms with van der Waals surface area (Å²) in [6, 6.07) is 11.8. The van der Waals surface area contributed by atoms with E-state index in [2.05, 4.69) is 10.3 Å². The molecule has 2 heterocycles. The third kappa shape index (κ3) is 9.50. The van der Waals surface area contributed by atoms with E-state index in [1.165, 1.54) is 48.1 Å². The molecule has 0 bridgehead atoms. The van der Waals surface area contributed by atoms with Crippen molar-refractivity contribution in [2.75, 3.05) is 40.4 Å². The number of hydrogen-bond donors (Lipinski definition) is 2. The summed E-state index contributed by atoms with van der Waals surface area (Å²) in [5.74, 6) is -0.0538. The van der Waals surface area contributed by atoms with E-state index in [1.807, 2.05) is 70.3 Å². The second kappa shape index (κ2) is 16.8. The Balaban J connectivity index is 1.59. The van der Waals surface area contributed by atoms with Gasteiger partial charge in [-0.05, 0) is 42.9 Å². The Morgan fingerprint density at radius 3 is 2.33 bits per heavy atom. The van der Waals surface area contributed by atoms with E-state index in [1.54, 1.807) is 9.80 Å². The largest absolute Gasteiger partial charge is 0.493 e. The zero-order valence-corrected chi connectivity index (χ0v) is 31.0. The van der Waals surface area contributed by atoms with Gasteiger partial charge < -0.3 is 29.7 Å². The van der Waals surface area contributed by atoms with Crippen LogP contribution in [0.25, 0.3) is 0 Å². The van der Waals surface area contributed by atoms with Crippen molar-refractivity contribution in [1.82, 2.24) is 24.4 Å². The van der Waals surface area contributed by atoms with Crippen LogP contribution in [0.15, 0.2) is 58.8 Å². The number of rotatable bonds is 17. The van der Waals surface area contributed by atoms with E-state index >= 15 is 0 Å². The number of benzene rings is 2. The van der Waals surface area contributed by atoms with Gasteiger partial charge in [-0.3, -0.25) is 4.79 Å². The molecule has 0 saturated carbocycles. The zero-order chi connectivity index (χ0) is 35.9. The predicted octanol–water partition coefficient (Wildman–Crippen LogP) is 4.17. The summed E-state index contributed by atoms with van der Waals surface area (Å²) in [5, 5.41) is 17.7. The van der Waals surface area contributed by atoms with Gasteiger partial charge in [0.05, 0.1) is 48.5 Å². The second-order valence-electron chi connectivity index (χ2n) is 13.0. The SMILES string of the molecule is COc1ccc(S(=O)(=O)N(CC(C)C)C[C@@H](O)[C@H](Cc2ccccc2)NC(=O)[C@H](C(C)C)N2CCN(Cc3csc(C)n3)C2=O)cc1OC. The number of urea groups is 1. The Bertz CT molecular complexity index is 1670. The summed E-state index contributed by atoms with van der Waals surface area (Å²) in [6.07, 6.45) is -1.04. The molecule has 4 rings (SSSR count). The van der Waals surface area contributed by atoms with Gasteiger partial charge in [0.15, 0.2) is 11.5 Å². The maximum atomic E-state index is 14.1. The standard InChI is InChI=1S/C35H49N5O7S2/c1-23(2)19-39(49(44,45)28-13-14-31(46-6)32(18-28)47-7)21-30(41)29(17-26-11-9-8-10-12-26)37-34(42)33(24(3)4)40-16-15-38(35(40)43)20-27-22-48-25(5)36-27/h8-14,18,22-24,29-30,33,41H,15-17,19-21H2,1-7H3,(H,37,42)/t29-,30+,33-/m0/s1. The summed E-state index contributed by atoms with van der Waals surface area (Å²) in [7, 11) is -1.20. The van der Waals surface area contributed by atoms with Gasteiger partial charge in [-0.25, -0.2) is 18.2 Å². The minimum absolute atomic E-state index is 0.00794. The van der Waals surface area contributed by atoms with Crippen LogP contribution in [0.2, 0.25) is 0 Å². The van der Waals surface area contributed by atoms with Gasteiger partial charge in [0, 0.05) is 37.6 Å². The molecule has 1 aromatic heterocycles. The number of amides is 3. The number of carbonyl (C=O) groups is 2. The van der Waals surface area contributed by atoms with Gasteiger partial charge >= 0.3 is 6.03 Å². The van der Waals surface area contributed by atoms with E-state index < -0.39 is 34.1 Å². The molecule has 0 spiro atoms. The zero-order valence-electron chi connectivity index (χ0n) is 29.3. The predicted molar refractivity (Wildman–Crippen MR) is 189 cm³/mol. The van der Waals surface area contributed by atoms with Gasteiger partial charge in [0.25, 0.3) is 0 Å². The van der Waals surface area contributed by atoms with Crippen molar-refractivity contribution in [2.45, 2.75) is 70.7 Å². The number of aryl methyl sites for hydroxylation is 1. The highest BCUT2D eigenvalue weighted by Gasteiger charge is 2.40. The Morgan fingerprint density at radius 1 is 1.04 bits per heavy atom. The van der Waals surface area contributed by atoms with Crippen molar-refractivity contribution < 1.29 is 32.6 Å². The molecule has 12 nitrogen and oxygen atoms in total. The molecule has 1 aliphatic rings. The first-order chi connectivity index (χ1) is 23.2. The number of carbonyl (C=O) groups excluding carboxylic acids is 2. The highest BCUT2D eigenvalue weighted by Crippen LogP contribution is 2.31. The van der Waals surface area contributed by atoms with E-state index in [4.69, 9.17) is 9.47 Å². The van der Waals surface area contributed by atoms with Crippen molar-refractivity contribution >= 4 is 33.3 Å². The Kier molecular flexibility index (Phi) is 13.1. The van der Waals surface area contributed by atoms with Crippen LogP contribution in [-0.4, -0.2) is 103 Å². The number of aliphatic hydroxyl groups is 1. The summed E-state index contributed by atoms with van der Waals surface area (Å²) in [4.78, 5) is 35.4. The Hall–Kier alpha value is -3.72. The highest BCUT2D eigenvalue weighted by atomic mass is 32.2. The lowest BCUT2D eigenvalue weighted by molar-refractivity contribution is -0.128. The van der Waals surface area contributed by atoms with Crippen LogP contribution in [0.4, 0.5) is 4.79 Å². The molecule has 49 heavy (non-hydrogen) atoms. The number of thiazole rings is 1. The fourth-order valence-electron chi connectivity index (χ4n) is 6.05. The molecule has 0 unspecified atom stereocenters. The average molecular weight is 716 g/mol. The summed E-state index contributed by atoms with van der Waals surface area (Å²) >= 11 is 1.52. The van der Waals surface area contributed by atoms with Crippen LogP contribution >= 0.6 is 11.3 Å². The van der Waals surface area contributed by atoms with Crippen LogP contribution in [-0.2, 0) is 27.8 Å². The normalized spacial score (nSPS) is 15.6. The quantitative estimate of drug-likeness (QED) is 0.212. The van der Waals surface area contributed by atoms with Gasteiger partial charge in [-0.15, -0.1) is 11.3 Å². The molecule has 3 atom stereocenters. The minimum Gasteiger partial charge on any atom is -0.493 e. The molecule has 14 heteroatoms. The summed E-state index contributed by atoms with van der Waals surface area (Å²) in [5.41, 5.74) is 1.66. The third-order valence-corrected chi connectivity index (χ3v) is 11.1. The number of nitrogens with one attached hydrogen (secondary N) is 1. The molecule has 3 amide bonds. The van der Waals surface area contributed by atoms with Crippen LogP contribution in [0.1, 0.15) is 44.0 Å². The molecule has 3 aromatic rings. The molecule has 268 valence electrons. The third-order valence-electron chi connectivity index (χ3n) is 8.43. The van der Waals surface area contributed by atoms with Gasteiger partial charge in [-0.2, -0.15) is 4.31 Å². The maximum Gasteiger partial charge on any atom is 0.321 e. The van der Waals surface area contributed by atoms with Gasteiger partial charge in [0.2, 0.25) is 15.9 Å². The molecule has 0 radical (unpaired) electrons. The smallest absolute Gasteiger partial charge is 0.321 e. The molecule has 1 aliphatic heterocycles. The number of ether oxygens (including phenoxy) is 2. The van der Waals surface area contributed by atoms with Crippen molar-refractivity contribution in [2.24, 2.45) is 11.8 Å². The lowest BCUT2D eigenvalue weighted by Crippen LogP contribution is -2.57. The first-order valence-corrected chi connectivity index (χ1v) is 18.8. The minimum atomic E-state index is -4.10. The molecule has 2 N–H and O–H groups in total. The fourth-order valence-corrected chi connectivity index (χ4v) is 8.29. The number of methoxy groups -OCH3 is 2. The number of sulfonamides is 1. The first-order valence-electron chi connectivity index (χ1n) is 16.5. The molecular weight excluding hydrogens is 667 g/mol. The maximum absolute atomic E-state index is 14.1. The number of aromatic nitrogens is 1. The average Bonchev–Trinajstić information content (AvgIpc) is 3.64. The van der Waals surface area contributed by atoms with Crippen molar-refractivity contribution in [1.29, 1.82) is 0 Å². The van der Waals surface area contributed by atoms with Crippen LogP contribution < -0.4 is 14.8 Å². The summed E-state index contributed by atoms with van der Waals surface area (Å²) in [6.45, 7) is 10.5. The van der Waals surface area contributed by atoms with Gasteiger partial charge in [-0.1, -0.05) is 58.0 Å². The number of nitrogens with zero attached hydrogens (tertiary/aromatic N) is 4. The number of hydrogen-bond acceptors (Lipinski definition) is 9.